The first-order valence-corrected chi connectivity index (χ1v) is 7.82. The van der Waals surface area contributed by atoms with Gasteiger partial charge in [-0.25, -0.2) is 0 Å². The number of aliphatic carboxylic acids is 1. The van der Waals surface area contributed by atoms with Crippen LogP contribution in [0, 0.1) is 16.7 Å². The molecule has 0 spiro atoms. The van der Waals surface area contributed by atoms with Gasteiger partial charge >= 0.3 is 5.97 Å². The van der Waals surface area contributed by atoms with E-state index in [-0.39, 0.29) is 6.04 Å². The average Bonchev–Trinajstić information content (AvgIpc) is 2.81. The summed E-state index contributed by atoms with van der Waals surface area (Å²) in [6.45, 7) is 1.78. The highest BCUT2D eigenvalue weighted by atomic mass is 32.2. The molecule has 0 amide bonds. The maximum absolute atomic E-state index is 11.5. The Balaban J connectivity index is 2.31. The smallest absolute Gasteiger partial charge is 0.311 e. The van der Waals surface area contributed by atoms with Crippen LogP contribution in [-0.2, 0) is 4.79 Å². The zero-order valence-corrected chi connectivity index (χ0v) is 12.5. The third kappa shape index (κ3) is 2.48. The fourth-order valence-electron chi connectivity index (χ4n) is 2.78. The normalized spacial score (nSPS) is 25.1. The van der Waals surface area contributed by atoms with Gasteiger partial charge in [0, 0.05) is 10.9 Å². The number of carbonyl (C=O) groups is 1. The molecule has 0 radical (unpaired) electrons. The van der Waals surface area contributed by atoms with Crippen LogP contribution >= 0.6 is 11.8 Å². The Hall–Kier alpha value is -1.67. The van der Waals surface area contributed by atoms with Crippen LogP contribution in [-0.4, -0.2) is 23.4 Å². The van der Waals surface area contributed by atoms with Gasteiger partial charge in [-0.15, -0.1) is 11.8 Å². The van der Waals surface area contributed by atoms with E-state index in [0.29, 0.717) is 12.0 Å². The molecule has 0 heterocycles. The summed E-state index contributed by atoms with van der Waals surface area (Å²) in [4.78, 5) is 12.4. The molecule has 2 rings (SSSR count). The Morgan fingerprint density at radius 1 is 1.60 bits per heavy atom. The number of nitrogens with one attached hydrogen (secondary N) is 1. The average molecular weight is 290 g/mol. The Labute approximate surface area is 123 Å². The monoisotopic (exact) mass is 290 g/mol. The largest absolute Gasteiger partial charge is 0.481 e. The van der Waals surface area contributed by atoms with E-state index in [1.165, 1.54) is 11.8 Å². The number of anilines is 1. The van der Waals surface area contributed by atoms with Gasteiger partial charge in [-0.2, -0.15) is 5.26 Å². The second-order valence-corrected chi connectivity index (χ2v) is 6.15. The summed E-state index contributed by atoms with van der Waals surface area (Å²) in [6, 6.07) is 7.72. The van der Waals surface area contributed by atoms with Crippen LogP contribution < -0.4 is 5.32 Å². The Morgan fingerprint density at radius 3 is 2.95 bits per heavy atom. The van der Waals surface area contributed by atoms with Crippen LogP contribution in [0.25, 0.3) is 0 Å². The molecule has 1 fully saturated rings. The Bertz CT molecular complexity index is 567. The maximum atomic E-state index is 11.5. The second-order valence-electron chi connectivity index (χ2n) is 5.31. The molecule has 0 aromatic heterocycles. The van der Waals surface area contributed by atoms with E-state index in [0.717, 1.165) is 23.4 Å². The van der Waals surface area contributed by atoms with E-state index in [1.807, 2.05) is 24.5 Å². The van der Waals surface area contributed by atoms with Crippen molar-refractivity contribution in [3.8, 4) is 6.07 Å². The lowest BCUT2D eigenvalue weighted by Crippen LogP contribution is -2.40. The first-order valence-electron chi connectivity index (χ1n) is 6.60. The number of nitriles is 1. The molecule has 2 N–H and O–H groups in total. The van der Waals surface area contributed by atoms with Gasteiger partial charge < -0.3 is 10.4 Å². The van der Waals surface area contributed by atoms with Gasteiger partial charge in [-0.05, 0) is 38.2 Å². The van der Waals surface area contributed by atoms with Crippen molar-refractivity contribution >= 4 is 23.4 Å². The molecule has 4 nitrogen and oxygen atoms in total. The number of carboxylic acids is 1. The van der Waals surface area contributed by atoms with E-state index in [2.05, 4.69) is 11.4 Å². The van der Waals surface area contributed by atoms with Crippen molar-refractivity contribution in [3.05, 3.63) is 23.8 Å². The number of nitrogens with zero attached hydrogens (tertiary/aromatic N) is 1. The molecule has 0 bridgehead atoms. The predicted octanol–water partition coefficient (Wildman–Crippen LogP) is 3.34. The van der Waals surface area contributed by atoms with E-state index in [4.69, 9.17) is 0 Å². The standard InChI is InChI=1S/C15H18N2O2S/c1-15(14(18)19)8-4-7-13(15)17-11-5-3-6-12(20-2)10(11)9-16/h3,5-6,13,17H,4,7-8H2,1-2H3,(H,18,19). The van der Waals surface area contributed by atoms with Crippen molar-refractivity contribution in [2.45, 2.75) is 37.1 Å². The zero-order chi connectivity index (χ0) is 14.8. The first kappa shape index (κ1) is 14.7. The topological polar surface area (TPSA) is 73.1 Å². The summed E-state index contributed by atoms with van der Waals surface area (Å²) in [5, 5.41) is 22.1. The fraction of sp³-hybridized carbons (Fsp3) is 0.467. The quantitative estimate of drug-likeness (QED) is 0.832. The summed E-state index contributed by atoms with van der Waals surface area (Å²) in [5.41, 5.74) is 0.570. The molecule has 1 aliphatic rings. The third-order valence-electron chi connectivity index (χ3n) is 4.13. The Kier molecular flexibility index (Phi) is 4.24. The van der Waals surface area contributed by atoms with Gasteiger partial charge in [0.1, 0.15) is 6.07 Å². The van der Waals surface area contributed by atoms with Crippen molar-refractivity contribution in [3.63, 3.8) is 0 Å². The second kappa shape index (κ2) is 5.76. The van der Waals surface area contributed by atoms with Crippen molar-refractivity contribution in [2.24, 2.45) is 5.41 Å². The molecule has 2 unspecified atom stereocenters. The molecule has 5 heteroatoms. The number of hydrogen-bond acceptors (Lipinski definition) is 4. The molecule has 1 saturated carbocycles. The van der Waals surface area contributed by atoms with Crippen LogP contribution in [0.15, 0.2) is 23.1 Å². The van der Waals surface area contributed by atoms with Gasteiger partial charge in [-0.1, -0.05) is 12.5 Å². The number of thioether (sulfide) groups is 1. The molecule has 1 aliphatic carbocycles. The summed E-state index contributed by atoms with van der Waals surface area (Å²) in [5.74, 6) is -0.771. The number of carboxylic acid groups (broad SMARTS) is 1. The molecule has 20 heavy (non-hydrogen) atoms. The lowest BCUT2D eigenvalue weighted by Gasteiger charge is -2.29. The van der Waals surface area contributed by atoms with Gasteiger partial charge in [0.05, 0.1) is 16.7 Å². The molecule has 1 aromatic carbocycles. The summed E-state index contributed by atoms with van der Waals surface area (Å²) in [7, 11) is 0. The summed E-state index contributed by atoms with van der Waals surface area (Å²) in [6.07, 6.45) is 4.31. The van der Waals surface area contributed by atoms with E-state index in [9.17, 15) is 15.2 Å². The van der Waals surface area contributed by atoms with Crippen LogP contribution in [0.5, 0.6) is 0 Å². The van der Waals surface area contributed by atoms with Crippen LogP contribution in [0.3, 0.4) is 0 Å². The summed E-state index contributed by atoms with van der Waals surface area (Å²) >= 11 is 1.52. The van der Waals surface area contributed by atoms with Crippen molar-refractivity contribution in [1.82, 2.24) is 0 Å². The fourth-order valence-corrected chi connectivity index (χ4v) is 3.35. The van der Waals surface area contributed by atoms with Crippen LogP contribution in [0.2, 0.25) is 0 Å². The van der Waals surface area contributed by atoms with E-state index >= 15 is 0 Å². The minimum absolute atomic E-state index is 0.135. The SMILES string of the molecule is CSc1cccc(NC2CCCC2(C)C(=O)O)c1C#N. The maximum Gasteiger partial charge on any atom is 0.311 e. The highest BCUT2D eigenvalue weighted by molar-refractivity contribution is 7.98. The molecule has 2 atom stereocenters. The molecular formula is C15H18N2O2S. The van der Waals surface area contributed by atoms with Crippen LogP contribution in [0.4, 0.5) is 5.69 Å². The summed E-state index contributed by atoms with van der Waals surface area (Å²) < 4.78 is 0. The van der Waals surface area contributed by atoms with Crippen molar-refractivity contribution in [2.75, 3.05) is 11.6 Å². The zero-order valence-electron chi connectivity index (χ0n) is 11.6. The molecule has 1 aromatic rings. The minimum atomic E-state index is -0.771. The van der Waals surface area contributed by atoms with E-state index in [1.54, 1.807) is 6.92 Å². The molecule has 0 saturated heterocycles. The highest BCUT2D eigenvalue weighted by Gasteiger charge is 2.45. The number of rotatable bonds is 4. The third-order valence-corrected chi connectivity index (χ3v) is 4.91. The molecule has 0 aliphatic heterocycles. The van der Waals surface area contributed by atoms with Crippen molar-refractivity contribution in [1.29, 1.82) is 5.26 Å². The number of hydrogen-bond donors (Lipinski definition) is 2. The van der Waals surface area contributed by atoms with Gasteiger partial charge in [-0.3, -0.25) is 4.79 Å². The highest BCUT2D eigenvalue weighted by Crippen LogP contribution is 2.40. The van der Waals surface area contributed by atoms with Gasteiger partial charge in [0.2, 0.25) is 0 Å². The molecular weight excluding hydrogens is 272 g/mol. The van der Waals surface area contributed by atoms with Crippen molar-refractivity contribution < 1.29 is 9.90 Å². The van der Waals surface area contributed by atoms with Crippen LogP contribution in [0.1, 0.15) is 31.7 Å². The number of benzene rings is 1. The van der Waals surface area contributed by atoms with E-state index < -0.39 is 11.4 Å². The predicted molar refractivity (Wildman–Crippen MR) is 79.9 cm³/mol. The molecule has 106 valence electrons. The lowest BCUT2D eigenvalue weighted by atomic mass is 9.84. The Morgan fingerprint density at radius 2 is 2.35 bits per heavy atom. The van der Waals surface area contributed by atoms with Gasteiger partial charge in [0.15, 0.2) is 0 Å². The van der Waals surface area contributed by atoms with Gasteiger partial charge in [0.25, 0.3) is 0 Å². The lowest BCUT2D eigenvalue weighted by molar-refractivity contribution is -0.147. The minimum Gasteiger partial charge on any atom is -0.481 e. The first-order chi connectivity index (χ1) is 9.52.